The van der Waals surface area contributed by atoms with Crippen molar-refractivity contribution in [1.82, 2.24) is 14.7 Å². The quantitative estimate of drug-likeness (QED) is 0.870. The molecule has 2 aromatic rings. The molecule has 1 aromatic carbocycles. The van der Waals surface area contributed by atoms with Crippen LogP contribution < -0.4 is 0 Å². The van der Waals surface area contributed by atoms with Crippen molar-refractivity contribution in [3.63, 3.8) is 0 Å². The van der Waals surface area contributed by atoms with Gasteiger partial charge in [-0.3, -0.25) is 9.58 Å². The molecule has 0 saturated carbocycles. The SMILES string of the molecule is Cn1cc([C@@]2(C)CN(Cc3ccc(Cl)c(F)c3)CCO2)cn1. The summed E-state index contributed by atoms with van der Waals surface area (Å²) in [5.74, 6) is -0.373. The fourth-order valence-corrected chi connectivity index (χ4v) is 2.97. The lowest BCUT2D eigenvalue weighted by Crippen LogP contribution is -2.47. The van der Waals surface area contributed by atoms with Gasteiger partial charge < -0.3 is 4.74 Å². The zero-order chi connectivity index (χ0) is 15.7. The molecule has 3 rings (SSSR count). The molecule has 118 valence electrons. The summed E-state index contributed by atoms with van der Waals surface area (Å²) in [7, 11) is 1.89. The van der Waals surface area contributed by atoms with E-state index in [0.717, 1.165) is 24.2 Å². The third-order valence-electron chi connectivity index (χ3n) is 4.06. The molecule has 0 bridgehead atoms. The molecule has 22 heavy (non-hydrogen) atoms. The highest BCUT2D eigenvalue weighted by atomic mass is 35.5. The molecule has 1 aromatic heterocycles. The van der Waals surface area contributed by atoms with E-state index in [4.69, 9.17) is 16.3 Å². The van der Waals surface area contributed by atoms with Gasteiger partial charge in [0, 0.05) is 38.4 Å². The maximum Gasteiger partial charge on any atom is 0.142 e. The predicted molar refractivity (Wildman–Crippen MR) is 83.2 cm³/mol. The maximum absolute atomic E-state index is 13.6. The van der Waals surface area contributed by atoms with Gasteiger partial charge in [0.15, 0.2) is 0 Å². The Hall–Kier alpha value is -1.43. The Balaban J connectivity index is 1.74. The molecular weight excluding hydrogens is 305 g/mol. The van der Waals surface area contributed by atoms with Gasteiger partial charge >= 0.3 is 0 Å². The van der Waals surface area contributed by atoms with Gasteiger partial charge in [-0.1, -0.05) is 17.7 Å². The molecule has 0 amide bonds. The smallest absolute Gasteiger partial charge is 0.142 e. The van der Waals surface area contributed by atoms with Crippen LogP contribution >= 0.6 is 11.6 Å². The van der Waals surface area contributed by atoms with Gasteiger partial charge in [0.1, 0.15) is 11.4 Å². The van der Waals surface area contributed by atoms with E-state index in [-0.39, 0.29) is 10.8 Å². The summed E-state index contributed by atoms with van der Waals surface area (Å²) in [6, 6.07) is 4.97. The van der Waals surface area contributed by atoms with Crippen molar-refractivity contribution >= 4 is 11.6 Å². The Morgan fingerprint density at radius 2 is 2.27 bits per heavy atom. The van der Waals surface area contributed by atoms with Gasteiger partial charge in [0.25, 0.3) is 0 Å². The Kier molecular flexibility index (Phi) is 4.21. The van der Waals surface area contributed by atoms with Crippen molar-refractivity contribution in [3.8, 4) is 0 Å². The van der Waals surface area contributed by atoms with Crippen LogP contribution in [-0.2, 0) is 23.9 Å². The van der Waals surface area contributed by atoms with Crippen LogP contribution in [0.1, 0.15) is 18.1 Å². The van der Waals surface area contributed by atoms with Gasteiger partial charge in [-0.15, -0.1) is 0 Å². The molecule has 4 nitrogen and oxygen atoms in total. The Labute approximate surface area is 134 Å². The summed E-state index contributed by atoms with van der Waals surface area (Å²) in [5, 5.41) is 4.38. The Morgan fingerprint density at radius 3 is 2.95 bits per heavy atom. The molecule has 1 saturated heterocycles. The highest BCUT2D eigenvalue weighted by Gasteiger charge is 2.34. The van der Waals surface area contributed by atoms with Crippen LogP contribution in [-0.4, -0.2) is 34.4 Å². The Bertz CT molecular complexity index is 675. The summed E-state index contributed by atoms with van der Waals surface area (Å²) < 4.78 is 21.3. The zero-order valence-electron chi connectivity index (χ0n) is 12.7. The molecule has 1 aliphatic heterocycles. The topological polar surface area (TPSA) is 30.3 Å². The average Bonchev–Trinajstić information content (AvgIpc) is 2.91. The number of ether oxygens (including phenoxy) is 1. The van der Waals surface area contributed by atoms with Crippen molar-refractivity contribution in [3.05, 3.63) is 52.6 Å². The third-order valence-corrected chi connectivity index (χ3v) is 4.37. The van der Waals surface area contributed by atoms with Crippen molar-refractivity contribution in [2.45, 2.75) is 19.1 Å². The second kappa shape index (κ2) is 5.99. The summed E-state index contributed by atoms with van der Waals surface area (Å²) in [6.07, 6.45) is 3.82. The van der Waals surface area contributed by atoms with E-state index in [2.05, 4.69) is 16.9 Å². The number of nitrogens with zero attached hydrogens (tertiary/aromatic N) is 3. The third kappa shape index (κ3) is 3.16. The first-order chi connectivity index (χ1) is 10.5. The normalized spacial score (nSPS) is 22.9. The van der Waals surface area contributed by atoms with E-state index in [1.54, 1.807) is 10.7 Å². The molecule has 0 N–H and O–H groups in total. The summed E-state index contributed by atoms with van der Waals surface area (Å²) in [4.78, 5) is 2.26. The van der Waals surface area contributed by atoms with E-state index in [0.29, 0.717) is 13.2 Å². The van der Waals surface area contributed by atoms with E-state index in [1.165, 1.54) is 6.07 Å². The highest BCUT2D eigenvalue weighted by molar-refractivity contribution is 6.30. The second-order valence-corrected chi connectivity index (χ2v) is 6.35. The van der Waals surface area contributed by atoms with Crippen molar-refractivity contribution in [2.24, 2.45) is 7.05 Å². The van der Waals surface area contributed by atoms with Crippen LogP contribution in [0.25, 0.3) is 0 Å². The molecule has 1 fully saturated rings. The minimum atomic E-state index is -0.391. The van der Waals surface area contributed by atoms with E-state index in [1.807, 2.05) is 25.5 Å². The largest absolute Gasteiger partial charge is 0.368 e. The monoisotopic (exact) mass is 323 g/mol. The number of aryl methyl sites for hydroxylation is 1. The van der Waals surface area contributed by atoms with Gasteiger partial charge in [-0.25, -0.2) is 4.39 Å². The number of hydrogen-bond acceptors (Lipinski definition) is 3. The van der Waals surface area contributed by atoms with Gasteiger partial charge in [0.2, 0.25) is 0 Å². The van der Waals surface area contributed by atoms with Crippen LogP contribution in [0.2, 0.25) is 5.02 Å². The number of hydrogen-bond donors (Lipinski definition) is 0. The number of rotatable bonds is 3. The van der Waals surface area contributed by atoms with Crippen molar-refractivity contribution in [1.29, 1.82) is 0 Å². The number of morpholine rings is 1. The highest BCUT2D eigenvalue weighted by Crippen LogP contribution is 2.30. The van der Waals surface area contributed by atoms with Crippen LogP contribution in [0.3, 0.4) is 0 Å². The number of halogens is 2. The van der Waals surface area contributed by atoms with E-state index in [9.17, 15) is 4.39 Å². The molecule has 1 aliphatic rings. The van der Waals surface area contributed by atoms with Crippen LogP contribution in [0, 0.1) is 5.82 Å². The number of benzene rings is 1. The first-order valence-corrected chi connectivity index (χ1v) is 7.63. The Morgan fingerprint density at radius 1 is 1.45 bits per heavy atom. The van der Waals surface area contributed by atoms with Crippen molar-refractivity contribution < 1.29 is 9.13 Å². The maximum atomic E-state index is 13.6. The molecule has 0 spiro atoms. The molecule has 0 aliphatic carbocycles. The van der Waals surface area contributed by atoms with Crippen LogP contribution in [0.15, 0.2) is 30.6 Å². The molecule has 6 heteroatoms. The lowest BCUT2D eigenvalue weighted by atomic mass is 9.96. The van der Waals surface area contributed by atoms with E-state index >= 15 is 0 Å². The summed E-state index contributed by atoms with van der Waals surface area (Å²) in [6.45, 7) is 4.94. The lowest BCUT2D eigenvalue weighted by molar-refractivity contribution is -0.105. The van der Waals surface area contributed by atoms with Crippen molar-refractivity contribution in [2.75, 3.05) is 19.7 Å². The molecule has 0 unspecified atom stereocenters. The van der Waals surface area contributed by atoms with Gasteiger partial charge in [-0.2, -0.15) is 5.10 Å². The molecular formula is C16H19ClFN3O. The second-order valence-electron chi connectivity index (χ2n) is 5.94. The van der Waals surface area contributed by atoms with Gasteiger partial charge in [0.05, 0.1) is 17.8 Å². The number of aromatic nitrogens is 2. The zero-order valence-corrected chi connectivity index (χ0v) is 13.5. The van der Waals surface area contributed by atoms with E-state index < -0.39 is 5.60 Å². The standard InChI is InChI=1S/C16H19ClFN3O/c1-16(13-8-19-20(2)10-13)11-21(5-6-22-16)9-12-3-4-14(17)15(18)7-12/h3-4,7-8,10H,5-6,9,11H2,1-2H3/t16-/m1/s1. The fraction of sp³-hybridized carbons (Fsp3) is 0.438. The molecule has 2 heterocycles. The predicted octanol–water partition coefficient (Wildman–Crippen LogP) is 2.96. The average molecular weight is 324 g/mol. The lowest BCUT2D eigenvalue weighted by Gasteiger charge is -2.40. The fourth-order valence-electron chi connectivity index (χ4n) is 2.85. The first kappa shape index (κ1) is 15.5. The summed E-state index contributed by atoms with van der Waals surface area (Å²) in [5.41, 5.74) is 1.58. The molecule has 0 radical (unpaired) electrons. The molecule has 1 atom stereocenters. The first-order valence-electron chi connectivity index (χ1n) is 7.26. The minimum absolute atomic E-state index is 0.158. The van der Waals surface area contributed by atoms with Gasteiger partial charge in [-0.05, 0) is 24.6 Å². The summed E-state index contributed by atoms with van der Waals surface area (Å²) >= 11 is 5.73. The van der Waals surface area contributed by atoms with Crippen LogP contribution in [0.5, 0.6) is 0 Å². The minimum Gasteiger partial charge on any atom is -0.368 e. The van der Waals surface area contributed by atoms with Crippen LogP contribution in [0.4, 0.5) is 4.39 Å².